The molecule has 1 rings (SSSR count). The Labute approximate surface area is 102 Å². The first kappa shape index (κ1) is 15.0. The topological polar surface area (TPSA) is 54.3 Å². The van der Waals surface area contributed by atoms with Crippen LogP contribution in [0.25, 0.3) is 0 Å². The van der Waals surface area contributed by atoms with Gasteiger partial charge in [-0.1, -0.05) is 0 Å². The summed E-state index contributed by atoms with van der Waals surface area (Å²) in [6.45, 7) is 6.25. The van der Waals surface area contributed by atoms with Crippen LogP contribution in [0.5, 0.6) is 0 Å². The summed E-state index contributed by atoms with van der Waals surface area (Å²) in [5.41, 5.74) is 0.621. The maximum absolute atomic E-state index is 11.7. The van der Waals surface area contributed by atoms with Crippen LogP contribution < -0.4 is 10.6 Å². The van der Waals surface area contributed by atoms with E-state index in [1.807, 2.05) is 20.9 Å². The molecule has 1 aromatic rings. The molecule has 1 unspecified atom stereocenters. The summed E-state index contributed by atoms with van der Waals surface area (Å²) in [4.78, 5) is 11.7. The highest BCUT2D eigenvalue weighted by atomic mass is 35.5. The third-order valence-corrected chi connectivity index (χ3v) is 2.35. The van der Waals surface area contributed by atoms with Gasteiger partial charge in [0.05, 0.1) is 5.56 Å². The standard InChI is InChI=1S/C11H18N2O2.ClH/c1-7(12-4)6-13-11(14)10-5-8(2)15-9(10)3;/h5,7,12H,6H2,1-4H3,(H,13,14);1H. The minimum Gasteiger partial charge on any atom is -0.466 e. The van der Waals surface area contributed by atoms with Gasteiger partial charge < -0.3 is 15.1 Å². The van der Waals surface area contributed by atoms with Crippen LogP contribution in [0.15, 0.2) is 10.5 Å². The number of carbonyl (C=O) groups excluding carboxylic acids is 1. The molecule has 0 radical (unpaired) electrons. The SMILES string of the molecule is CNC(C)CNC(=O)c1cc(C)oc1C.Cl. The van der Waals surface area contributed by atoms with Crippen molar-refractivity contribution in [1.29, 1.82) is 0 Å². The molecule has 0 aromatic carbocycles. The van der Waals surface area contributed by atoms with Crippen molar-refractivity contribution in [3.05, 3.63) is 23.2 Å². The molecule has 0 bridgehead atoms. The zero-order valence-electron chi connectivity index (χ0n) is 10.1. The third kappa shape index (κ3) is 3.87. The highest BCUT2D eigenvalue weighted by molar-refractivity contribution is 5.95. The average molecular weight is 247 g/mol. The van der Waals surface area contributed by atoms with Crippen molar-refractivity contribution in [2.24, 2.45) is 0 Å². The lowest BCUT2D eigenvalue weighted by Gasteiger charge is -2.10. The molecular formula is C11H19ClN2O2. The molecule has 92 valence electrons. The molecule has 5 heteroatoms. The van der Waals surface area contributed by atoms with E-state index in [2.05, 4.69) is 10.6 Å². The Morgan fingerprint density at radius 2 is 2.12 bits per heavy atom. The van der Waals surface area contributed by atoms with E-state index in [9.17, 15) is 4.79 Å². The number of hydrogen-bond donors (Lipinski definition) is 2. The van der Waals surface area contributed by atoms with E-state index < -0.39 is 0 Å². The summed E-state index contributed by atoms with van der Waals surface area (Å²) in [5.74, 6) is 1.35. The van der Waals surface area contributed by atoms with Crippen LogP contribution in [0, 0.1) is 13.8 Å². The van der Waals surface area contributed by atoms with Crippen molar-refractivity contribution in [2.45, 2.75) is 26.8 Å². The van der Waals surface area contributed by atoms with E-state index in [0.717, 1.165) is 5.76 Å². The molecule has 16 heavy (non-hydrogen) atoms. The average Bonchev–Trinajstić information content (AvgIpc) is 2.53. The highest BCUT2D eigenvalue weighted by Gasteiger charge is 2.13. The van der Waals surface area contributed by atoms with Gasteiger partial charge in [-0.05, 0) is 33.9 Å². The van der Waals surface area contributed by atoms with Crippen LogP contribution in [0.2, 0.25) is 0 Å². The molecule has 1 aromatic heterocycles. The van der Waals surface area contributed by atoms with Crippen molar-refractivity contribution in [2.75, 3.05) is 13.6 Å². The zero-order chi connectivity index (χ0) is 11.4. The van der Waals surface area contributed by atoms with Crippen molar-refractivity contribution in [1.82, 2.24) is 10.6 Å². The Morgan fingerprint density at radius 3 is 2.56 bits per heavy atom. The fourth-order valence-corrected chi connectivity index (χ4v) is 1.30. The van der Waals surface area contributed by atoms with Gasteiger partial charge in [-0.15, -0.1) is 12.4 Å². The van der Waals surface area contributed by atoms with Crippen LogP contribution in [0.4, 0.5) is 0 Å². The Bertz CT molecular complexity index is 350. The van der Waals surface area contributed by atoms with Crippen molar-refractivity contribution >= 4 is 18.3 Å². The van der Waals surface area contributed by atoms with Crippen molar-refractivity contribution in [3.8, 4) is 0 Å². The summed E-state index contributed by atoms with van der Waals surface area (Å²) in [6.07, 6.45) is 0. The predicted molar refractivity (Wildman–Crippen MR) is 66.3 cm³/mol. The van der Waals surface area contributed by atoms with Gasteiger partial charge in [0.15, 0.2) is 0 Å². The van der Waals surface area contributed by atoms with E-state index in [1.165, 1.54) is 0 Å². The molecule has 1 amide bonds. The number of halogens is 1. The monoisotopic (exact) mass is 246 g/mol. The second-order valence-electron chi connectivity index (χ2n) is 3.73. The molecule has 0 fully saturated rings. The molecule has 0 aliphatic heterocycles. The van der Waals surface area contributed by atoms with E-state index >= 15 is 0 Å². The smallest absolute Gasteiger partial charge is 0.254 e. The van der Waals surface area contributed by atoms with Gasteiger partial charge in [0.25, 0.3) is 5.91 Å². The lowest BCUT2D eigenvalue weighted by Crippen LogP contribution is -2.37. The second-order valence-corrected chi connectivity index (χ2v) is 3.73. The quantitative estimate of drug-likeness (QED) is 0.850. The molecule has 4 nitrogen and oxygen atoms in total. The first-order chi connectivity index (χ1) is 7.04. The van der Waals surface area contributed by atoms with Crippen molar-refractivity contribution in [3.63, 3.8) is 0 Å². The van der Waals surface area contributed by atoms with Gasteiger partial charge in [-0.25, -0.2) is 0 Å². The third-order valence-electron chi connectivity index (χ3n) is 2.35. The maximum Gasteiger partial charge on any atom is 0.254 e. The molecule has 0 saturated heterocycles. The second kappa shape index (κ2) is 6.55. The molecule has 1 atom stereocenters. The number of hydrogen-bond acceptors (Lipinski definition) is 3. The fourth-order valence-electron chi connectivity index (χ4n) is 1.30. The van der Waals surface area contributed by atoms with Crippen LogP contribution in [-0.4, -0.2) is 25.5 Å². The van der Waals surface area contributed by atoms with Crippen LogP contribution in [0.1, 0.15) is 28.8 Å². The van der Waals surface area contributed by atoms with Gasteiger partial charge in [0.1, 0.15) is 11.5 Å². The molecular weight excluding hydrogens is 228 g/mol. The maximum atomic E-state index is 11.7. The summed E-state index contributed by atoms with van der Waals surface area (Å²) in [6, 6.07) is 2.02. The largest absolute Gasteiger partial charge is 0.466 e. The first-order valence-electron chi connectivity index (χ1n) is 5.07. The van der Waals surface area contributed by atoms with Gasteiger partial charge in [-0.3, -0.25) is 4.79 Å². The molecule has 0 aliphatic carbocycles. The number of furan rings is 1. The van der Waals surface area contributed by atoms with Crippen LogP contribution >= 0.6 is 12.4 Å². The molecule has 1 heterocycles. The number of carbonyl (C=O) groups is 1. The minimum absolute atomic E-state index is 0. The normalized spacial score (nSPS) is 11.8. The molecule has 0 aliphatic rings. The highest BCUT2D eigenvalue weighted by Crippen LogP contribution is 2.13. The number of likely N-dealkylation sites (N-methyl/N-ethyl adjacent to an activating group) is 1. The van der Waals surface area contributed by atoms with Gasteiger partial charge in [-0.2, -0.15) is 0 Å². The number of rotatable bonds is 4. The fraction of sp³-hybridized carbons (Fsp3) is 0.545. The number of amides is 1. The Balaban J connectivity index is 0.00000225. The molecule has 2 N–H and O–H groups in total. The van der Waals surface area contributed by atoms with Crippen molar-refractivity contribution < 1.29 is 9.21 Å². The van der Waals surface area contributed by atoms with Crippen LogP contribution in [0.3, 0.4) is 0 Å². The predicted octanol–water partition coefficient (Wildman–Crippen LogP) is 1.66. The summed E-state index contributed by atoms with van der Waals surface area (Å²) >= 11 is 0. The van der Waals surface area contributed by atoms with E-state index in [0.29, 0.717) is 17.9 Å². The molecule has 0 spiro atoms. The van der Waals surface area contributed by atoms with Gasteiger partial charge in [0, 0.05) is 12.6 Å². The first-order valence-corrected chi connectivity index (χ1v) is 5.07. The minimum atomic E-state index is -0.0774. The number of aryl methyl sites for hydroxylation is 2. The number of nitrogens with one attached hydrogen (secondary N) is 2. The summed E-state index contributed by atoms with van der Waals surface area (Å²) in [7, 11) is 1.87. The lowest BCUT2D eigenvalue weighted by molar-refractivity contribution is 0.0949. The molecule has 0 saturated carbocycles. The Hall–Kier alpha value is -1.00. The van der Waals surface area contributed by atoms with E-state index in [4.69, 9.17) is 4.42 Å². The van der Waals surface area contributed by atoms with Gasteiger partial charge in [0.2, 0.25) is 0 Å². The van der Waals surface area contributed by atoms with Gasteiger partial charge >= 0.3 is 0 Å². The van der Waals surface area contributed by atoms with E-state index in [-0.39, 0.29) is 24.4 Å². The Morgan fingerprint density at radius 1 is 1.50 bits per heavy atom. The Kier molecular flexibility index (Phi) is 6.14. The lowest BCUT2D eigenvalue weighted by atomic mass is 10.2. The zero-order valence-corrected chi connectivity index (χ0v) is 10.9. The summed E-state index contributed by atoms with van der Waals surface area (Å²) in [5, 5.41) is 5.90. The summed E-state index contributed by atoms with van der Waals surface area (Å²) < 4.78 is 5.29. The van der Waals surface area contributed by atoms with Crippen LogP contribution in [-0.2, 0) is 0 Å². The van der Waals surface area contributed by atoms with E-state index in [1.54, 1.807) is 13.0 Å².